The Kier molecular flexibility index (Phi) is 38.6. The maximum Gasteiger partial charge on any atom is 0.246 e. The molecule has 3 aliphatic rings. The zero-order valence-corrected chi connectivity index (χ0v) is 78.5. The van der Waals surface area contributed by atoms with Gasteiger partial charge in [0.05, 0.1) is 37.2 Å². The molecule has 728 valence electrons. The number of Topliss-reactive ketones (excluding diaryl/α,β-unsaturated/α-hetero) is 1. The number of primary amides is 2. The number of imidazole rings is 1. The van der Waals surface area contributed by atoms with Crippen molar-refractivity contribution in [1.29, 1.82) is 5.41 Å². The van der Waals surface area contributed by atoms with Gasteiger partial charge < -0.3 is 105 Å². The van der Waals surface area contributed by atoms with E-state index in [2.05, 4.69) is 83.6 Å². The average Bonchev–Trinajstić information content (AvgIpc) is 1.71. The lowest BCUT2D eigenvalue weighted by atomic mass is 10.00. The fourth-order valence-electron chi connectivity index (χ4n) is 17.0. The molecule has 10 rings (SSSR count). The van der Waals surface area contributed by atoms with Gasteiger partial charge in [0.15, 0.2) is 17.6 Å². The number of aromatic nitrogens is 7. The Hall–Kier alpha value is -13.3. The van der Waals surface area contributed by atoms with E-state index >= 15 is 47.9 Å². The van der Waals surface area contributed by atoms with Crippen LogP contribution >= 0.6 is 23.1 Å². The van der Waals surface area contributed by atoms with Crippen molar-refractivity contribution in [3.05, 3.63) is 131 Å². The number of amides is 15. The predicted molar refractivity (Wildman–Crippen MR) is 501 cm³/mol. The summed E-state index contributed by atoms with van der Waals surface area (Å²) in [4.78, 5) is 252. The zero-order chi connectivity index (χ0) is 97.7. The number of H-pyrrole nitrogens is 2. The molecule has 135 heavy (non-hydrogen) atoms. The number of carbonyl (C=O) groups excluding carboxylic acids is 16. The number of aliphatic hydroxyl groups is 1. The second-order valence-corrected chi connectivity index (χ2v) is 36.7. The third-order valence-corrected chi connectivity index (χ3v) is 26.4. The van der Waals surface area contributed by atoms with Gasteiger partial charge in [-0.15, -0.1) is 28.2 Å². The molecule has 0 bridgehead atoms. The lowest BCUT2D eigenvalue weighted by Crippen LogP contribution is -2.61. The minimum atomic E-state index is -1.83. The van der Waals surface area contributed by atoms with E-state index in [1.165, 1.54) is 59.6 Å². The van der Waals surface area contributed by atoms with Crippen LogP contribution in [0.3, 0.4) is 0 Å². The van der Waals surface area contributed by atoms with E-state index in [1.54, 1.807) is 66.9 Å². The predicted octanol–water partition coefficient (Wildman–Crippen LogP) is 0.435. The van der Waals surface area contributed by atoms with Crippen LogP contribution in [0, 0.1) is 11.3 Å². The number of ketones is 1. The molecular weight excluding hydrogens is 1780 g/mol. The van der Waals surface area contributed by atoms with Crippen LogP contribution in [0.5, 0.6) is 0 Å². The number of aliphatic hydroxyl groups excluding tert-OH is 1. The van der Waals surface area contributed by atoms with Gasteiger partial charge in [-0.2, -0.15) is 0 Å². The molecule has 4 aromatic heterocycles. The number of unbranched alkanes of at least 4 members (excludes halogenated alkanes) is 2. The summed E-state index contributed by atoms with van der Waals surface area (Å²) in [5.41, 5.74) is 19.8. The van der Waals surface area contributed by atoms with Crippen molar-refractivity contribution < 1.29 is 81.8 Å². The highest BCUT2D eigenvalue weighted by Gasteiger charge is 2.46. The second-order valence-electron chi connectivity index (χ2n) is 34.8. The summed E-state index contributed by atoms with van der Waals surface area (Å²) in [6.45, 7) is 7.63. The topological polar surface area (TPSA) is 617 Å². The van der Waals surface area contributed by atoms with Crippen LogP contribution < -0.4 is 70.4 Å². The van der Waals surface area contributed by atoms with E-state index in [-0.39, 0.29) is 121 Å². The van der Waals surface area contributed by atoms with Gasteiger partial charge in [0, 0.05) is 112 Å². The molecule has 20 N–H and O–H groups in total. The first kappa shape index (κ1) is 104. The zero-order valence-electron chi connectivity index (χ0n) is 76.9. The molecule has 44 heteroatoms. The minimum Gasteiger partial charge on any atom is -0.394 e. The van der Waals surface area contributed by atoms with Crippen LogP contribution in [-0.2, 0) is 102 Å². The van der Waals surface area contributed by atoms with Crippen molar-refractivity contribution in [2.24, 2.45) is 23.1 Å². The van der Waals surface area contributed by atoms with Crippen molar-refractivity contribution in [2.75, 3.05) is 51.8 Å². The quantitative estimate of drug-likeness (QED) is 0.0189. The maximum absolute atomic E-state index is 15.8. The summed E-state index contributed by atoms with van der Waals surface area (Å²) in [6, 6.07) is 3.04. The lowest BCUT2D eigenvalue weighted by Gasteiger charge is -2.36. The first-order valence-corrected chi connectivity index (χ1v) is 47.7. The smallest absolute Gasteiger partial charge is 0.246 e. The number of tetrazole rings is 1. The molecule has 2 fully saturated rings. The number of benzene rings is 3. The Labute approximate surface area is 789 Å². The number of para-hydroxylation sites is 1. The van der Waals surface area contributed by atoms with E-state index in [0.717, 1.165) is 31.4 Å². The molecule has 15 amide bonds. The molecule has 14 atom stereocenters. The Morgan fingerprint density at radius 3 is 1.79 bits per heavy atom. The van der Waals surface area contributed by atoms with Crippen LogP contribution in [0.1, 0.15) is 178 Å². The number of guanidine groups is 1. The molecule has 0 saturated carbocycles. The van der Waals surface area contributed by atoms with Crippen molar-refractivity contribution >= 4 is 144 Å². The van der Waals surface area contributed by atoms with Gasteiger partial charge in [0.1, 0.15) is 72.5 Å². The van der Waals surface area contributed by atoms with E-state index < -0.39 is 217 Å². The number of hydrogen-bond donors (Lipinski definition) is 17. The normalized spacial score (nSPS) is 24.0. The van der Waals surface area contributed by atoms with Gasteiger partial charge in [-0.25, -0.2) is 9.67 Å². The largest absolute Gasteiger partial charge is 0.394 e. The third kappa shape index (κ3) is 28.7. The number of nitrogens with two attached hydrogens (primary N) is 3. The monoisotopic (exact) mass is 1900 g/mol. The number of rotatable bonds is 27. The highest BCUT2D eigenvalue weighted by Crippen LogP contribution is 2.31. The third-order valence-electron chi connectivity index (χ3n) is 24.3. The summed E-state index contributed by atoms with van der Waals surface area (Å²) in [6.07, 6.45) is 4.45. The molecule has 7 aromatic rings. The molecular formula is C91H125N25O17S2. The molecule has 0 aliphatic carbocycles. The number of fused-ring (bicyclic) bond motifs is 5. The maximum atomic E-state index is 15.8. The van der Waals surface area contributed by atoms with Crippen LogP contribution in [0.25, 0.3) is 21.0 Å². The van der Waals surface area contributed by atoms with Gasteiger partial charge in [-0.1, -0.05) is 120 Å². The van der Waals surface area contributed by atoms with Crippen LogP contribution in [0.2, 0.25) is 0 Å². The number of nitrogens with one attached hydrogen (secondary N) is 13. The summed E-state index contributed by atoms with van der Waals surface area (Å²) >= 11 is 2.26. The van der Waals surface area contributed by atoms with Crippen molar-refractivity contribution in [3.8, 4) is 0 Å². The number of thiophene rings is 1. The molecule has 3 aromatic carbocycles. The van der Waals surface area contributed by atoms with Gasteiger partial charge in [-0.05, 0) is 121 Å². The Bertz CT molecular complexity index is 5340. The van der Waals surface area contributed by atoms with Gasteiger partial charge in [0.2, 0.25) is 88.6 Å². The van der Waals surface area contributed by atoms with Gasteiger partial charge in [0.25, 0.3) is 0 Å². The summed E-state index contributed by atoms with van der Waals surface area (Å²) < 4.78 is 1.93. The number of hydrogen-bond acceptors (Lipinski definition) is 24. The summed E-state index contributed by atoms with van der Waals surface area (Å²) in [7, 11) is 2.77. The molecule has 3 aliphatic heterocycles. The average molecular weight is 1910 g/mol. The first-order valence-electron chi connectivity index (χ1n) is 45.7. The molecule has 0 radical (unpaired) electrons. The summed E-state index contributed by atoms with van der Waals surface area (Å²) in [5, 5.41) is 62.3. The van der Waals surface area contributed by atoms with E-state index in [1.807, 2.05) is 51.3 Å². The number of carbonyl (C=O) groups is 16. The molecule has 7 heterocycles. The first-order chi connectivity index (χ1) is 64.7. The van der Waals surface area contributed by atoms with E-state index in [0.29, 0.717) is 59.0 Å². The van der Waals surface area contributed by atoms with E-state index in [9.17, 15) is 33.9 Å². The number of likely N-dealkylation sites (N-methyl/N-ethyl adjacent to an activating group) is 2. The fourth-order valence-corrected chi connectivity index (χ4v) is 18.9. The molecule has 42 nitrogen and oxygen atoms in total. The molecule has 0 spiro atoms. The highest BCUT2D eigenvalue weighted by molar-refractivity contribution is 8.00. The number of aromatic amines is 2. The summed E-state index contributed by atoms with van der Waals surface area (Å²) in [5.74, 6) is -15.0. The highest BCUT2D eigenvalue weighted by atomic mass is 32.2. The number of thioether (sulfide) groups is 1. The van der Waals surface area contributed by atoms with Crippen molar-refractivity contribution in [2.45, 2.75) is 248 Å². The SMILES string of the molecule is CCCC[C@H]1C(=O)N(C)[C@@H](CCCC)C(=O)N[C@@H](CCCNC(=N)N)C(=O)N[C@H](C(=O)CCC(N)=O)CSCC(=O)N[C@@H](Cc2ccccc2)c2nnnn2[C@@H](C)C(=O)N[C@@H](CC(N)=O)C(=O)N2CCC[C@H]2C(=O)N[C@@H](Cc2cnc[nH]2)C(=O)N[C@@H](CC(C)C)C(=O)N2CCC[C@H]2C(=O)N[C@@H](Cc2c[nH]c3ccccc23)C(=O)N[C@@H](CO)C(=O)N[C@@H](Cc2csc3ccccc23)C(=O)N1C. The van der Waals surface area contributed by atoms with Crippen molar-refractivity contribution in [1.82, 2.24) is 108 Å². The van der Waals surface area contributed by atoms with Gasteiger partial charge in [-0.3, -0.25) is 82.1 Å². The van der Waals surface area contributed by atoms with Gasteiger partial charge >= 0.3 is 0 Å². The second kappa shape index (κ2) is 50.2. The minimum absolute atomic E-state index is 0.00661. The number of nitrogens with zero attached hydrogens (tertiary/aromatic N) is 9. The fraction of sp³-hybridized carbons (Fsp3) is 0.527. The Morgan fingerprint density at radius 2 is 1.15 bits per heavy atom. The Balaban J connectivity index is 1.02. The van der Waals surface area contributed by atoms with Crippen LogP contribution in [0.15, 0.2) is 103 Å². The lowest BCUT2D eigenvalue weighted by molar-refractivity contribution is -0.149. The standard InChI is InChI=1S/C91H125N25O17S2/c1-8-10-28-69-84(127)101-60(27-19-35-97-91(94)95)80(123)108-68(73(118)33-34-75(92)119)48-134-49-77(121)100-61(39-53-22-13-12-14-23-53)78-109-110-111-116(78)52(5)79(122)104-66(43-76(93)120)89(132)115-37-21-31-71(115)86(129)103-63(42-56-45-96-50-99-56)82(125)105-64(38-51(3)4)88(131)114-36-20-30-70(114)85(128)102-62(40-54-44-98-59-26-17-15-24-57(54)59)81(124)107-67(46-117)83(126)106-65(41-55-47-135-74-32-18-16-25-58(55)74)87(130)113(7)72(29-11-9-2)90(133)112(69)6/h12-18,22-26,32,44-45,47,50-52,60-72,98,117H,8-11,19-21,27-31,33-43,46,48-49H2,1-7H3,(H2,92,119)(H2,93,120)(H,96,99)(H,100,121)(H,101,127)(H,102,128)(H,103,129)(H,104,122)(H,105,125)(H,106,126)(H,107,124)(H,108,123)(H4,94,95,97)/t52-,60-,61-,62-,63-,64-,65-,66-,67-,68-,69-,70-,71-,72-/m0/s1. The van der Waals surface area contributed by atoms with Crippen LogP contribution in [0.4, 0.5) is 0 Å². The van der Waals surface area contributed by atoms with E-state index in [4.69, 9.17) is 22.6 Å². The van der Waals surface area contributed by atoms with Crippen LogP contribution in [-0.4, -0.2) is 285 Å². The van der Waals surface area contributed by atoms with Crippen molar-refractivity contribution in [3.63, 3.8) is 0 Å². The molecule has 2 saturated heterocycles. The molecule has 0 unspecified atom stereocenters. The Morgan fingerprint density at radius 1 is 0.570 bits per heavy atom.